The van der Waals surface area contributed by atoms with Crippen molar-refractivity contribution in [3.8, 4) is 11.5 Å². The molecule has 0 bridgehead atoms. The van der Waals surface area contributed by atoms with Crippen LogP contribution in [0.3, 0.4) is 0 Å². The van der Waals surface area contributed by atoms with Gasteiger partial charge in [0.15, 0.2) is 11.5 Å². The van der Waals surface area contributed by atoms with E-state index in [0.29, 0.717) is 23.6 Å². The van der Waals surface area contributed by atoms with Crippen LogP contribution in [0.4, 0.5) is 0 Å². The molecule has 2 aromatic carbocycles. The molecule has 1 aliphatic rings. The van der Waals surface area contributed by atoms with Crippen LogP contribution in [0.5, 0.6) is 11.5 Å². The lowest BCUT2D eigenvalue weighted by Gasteiger charge is -2.35. The highest BCUT2D eigenvalue weighted by Crippen LogP contribution is 2.27. The molecule has 6 nitrogen and oxygen atoms in total. The van der Waals surface area contributed by atoms with Crippen molar-refractivity contribution in [3.05, 3.63) is 59.2 Å². The second-order valence-corrected chi connectivity index (χ2v) is 7.47. The minimum atomic E-state index is -0.144. The fourth-order valence-corrected chi connectivity index (χ4v) is 3.79. The number of amides is 1. The molecule has 156 valence electrons. The molecule has 2 unspecified atom stereocenters. The molecule has 0 spiro atoms. The van der Waals surface area contributed by atoms with Crippen molar-refractivity contribution in [3.63, 3.8) is 0 Å². The summed E-state index contributed by atoms with van der Waals surface area (Å²) in [6.07, 6.45) is 0.464. The molecule has 3 rings (SSSR count). The third kappa shape index (κ3) is 5.49. The van der Waals surface area contributed by atoms with Gasteiger partial charge in [0.05, 0.1) is 26.4 Å². The zero-order valence-corrected chi connectivity index (χ0v) is 17.6. The third-order valence-corrected chi connectivity index (χ3v) is 5.09. The van der Waals surface area contributed by atoms with E-state index < -0.39 is 0 Å². The highest BCUT2D eigenvalue weighted by atomic mass is 16.5. The van der Waals surface area contributed by atoms with Gasteiger partial charge in [-0.1, -0.05) is 24.3 Å². The number of nitrogens with zero attached hydrogens (tertiary/aromatic N) is 1. The highest BCUT2D eigenvalue weighted by Gasteiger charge is 2.22. The molecular formula is C23H30N2O4. The second kappa shape index (κ2) is 9.76. The third-order valence-electron chi connectivity index (χ3n) is 5.09. The number of morpholine rings is 1. The number of hydrogen-bond donors (Lipinski definition) is 1. The van der Waals surface area contributed by atoms with E-state index in [9.17, 15) is 4.79 Å². The van der Waals surface area contributed by atoms with Crippen LogP contribution in [0.2, 0.25) is 0 Å². The van der Waals surface area contributed by atoms with Gasteiger partial charge in [-0.25, -0.2) is 0 Å². The first-order chi connectivity index (χ1) is 14.0. The number of methoxy groups -OCH3 is 2. The number of carbonyl (C=O) groups is 1. The van der Waals surface area contributed by atoms with Crippen molar-refractivity contribution in [2.75, 3.05) is 27.3 Å². The van der Waals surface area contributed by atoms with Crippen LogP contribution in [0.15, 0.2) is 42.5 Å². The van der Waals surface area contributed by atoms with E-state index in [0.717, 1.165) is 25.2 Å². The predicted molar refractivity (Wildman–Crippen MR) is 112 cm³/mol. The zero-order chi connectivity index (χ0) is 20.8. The molecule has 0 radical (unpaired) electrons. The van der Waals surface area contributed by atoms with Crippen LogP contribution in [0, 0.1) is 0 Å². The Labute approximate surface area is 172 Å². The minimum absolute atomic E-state index is 0.144. The van der Waals surface area contributed by atoms with Crippen LogP contribution in [-0.4, -0.2) is 50.3 Å². The Kier molecular flexibility index (Phi) is 7.12. The summed E-state index contributed by atoms with van der Waals surface area (Å²) < 4.78 is 16.4. The lowest BCUT2D eigenvalue weighted by molar-refractivity contribution is -0.0705. The number of benzene rings is 2. The van der Waals surface area contributed by atoms with Gasteiger partial charge in [-0.3, -0.25) is 9.69 Å². The molecule has 0 aromatic heterocycles. The molecule has 1 saturated heterocycles. The summed E-state index contributed by atoms with van der Waals surface area (Å²) in [7, 11) is 3.13. The fourth-order valence-electron chi connectivity index (χ4n) is 3.79. The maximum atomic E-state index is 12.6. The van der Waals surface area contributed by atoms with Crippen molar-refractivity contribution in [1.82, 2.24) is 10.2 Å². The summed E-state index contributed by atoms with van der Waals surface area (Å²) in [6, 6.07) is 13.4. The Morgan fingerprint density at radius 2 is 1.69 bits per heavy atom. The molecule has 1 N–H and O–H groups in total. The number of carbonyl (C=O) groups excluding carboxylic acids is 1. The molecule has 1 fully saturated rings. The average Bonchev–Trinajstić information content (AvgIpc) is 2.71. The van der Waals surface area contributed by atoms with E-state index in [4.69, 9.17) is 14.2 Å². The number of hydrogen-bond acceptors (Lipinski definition) is 5. The minimum Gasteiger partial charge on any atom is -0.493 e. The predicted octanol–water partition coefficient (Wildman–Crippen LogP) is 3.24. The number of rotatable bonds is 7. The maximum absolute atomic E-state index is 12.6. The van der Waals surface area contributed by atoms with E-state index in [1.54, 1.807) is 32.4 Å². The van der Waals surface area contributed by atoms with Crippen molar-refractivity contribution in [1.29, 1.82) is 0 Å². The lowest BCUT2D eigenvalue weighted by Crippen LogP contribution is -2.45. The molecular weight excluding hydrogens is 368 g/mol. The van der Waals surface area contributed by atoms with Gasteiger partial charge in [0.25, 0.3) is 5.91 Å². The Morgan fingerprint density at radius 1 is 1.03 bits per heavy atom. The van der Waals surface area contributed by atoms with Crippen LogP contribution in [0.25, 0.3) is 0 Å². The maximum Gasteiger partial charge on any atom is 0.251 e. The first-order valence-corrected chi connectivity index (χ1v) is 9.95. The molecule has 1 amide bonds. The van der Waals surface area contributed by atoms with Gasteiger partial charge in [0.1, 0.15) is 0 Å². The Hall–Kier alpha value is -2.57. The average molecular weight is 399 g/mol. The summed E-state index contributed by atoms with van der Waals surface area (Å²) >= 11 is 0. The molecule has 6 heteroatoms. The monoisotopic (exact) mass is 398 g/mol. The lowest BCUT2D eigenvalue weighted by atomic mass is 10.1. The Bertz CT molecular complexity index is 829. The van der Waals surface area contributed by atoms with Crippen LogP contribution in [-0.2, 0) is 17.8 Å². The van der Waals surface area contributed by atoms with Gasteiger partial charge in [0.2, 0.25) is 0 Å². The summed E-state index contributed by atoms with van der Waals surface area (Å²) in [5.74, 6) is 0.994. The molecule has 29 heavy (non-hydrogen) atoms. The first-order valence-electron chi connectivity index (χ1n) is 9.95. The molecule has 2 aromatic rings. The van der Waals surface area contributed by atoms with Gasteiger partial charge in [-0.05, 0) is 43.2 Å². The molecule has 1 heterocycles. The normalized spacial score (nSPS) is 19.6. The van der Waals surface area contributed by atoms with Crippen LogP contribution < -0.4 is 14.8 Å². The topological polar surface area (TPSA) is 60.0 Å². The van der Waals surface area contributed by atoms with Crippen LogP contribution >= 0.6 is 0 Å². The van der Waals surface area contributed by atoms with Gasteiger partial charge < -0.3 is 19.5 Å². The summed E-state index contributed by atoms with van der Waals surface area (Å²) in [4.78, 5) is 15.0. The number of nitrogens with one attached hydrogen (secondary N) is 1. The van der Waals surface area contributed by atoms with E-state index in [1.807, 2.05) is 12.1 Å². The summed E-state index contributed by atoms with van der Waals surface area (Å²) in [6.45, 7) is 7.36. The van der Waals surface area contributed by atoms with E-state index in [1.165, 1.54) is 5.56 Å². The van der Waals surface area contributed by atoms with Gasteiger partial charge >= 0.3 is 0 Å². The van der Waals surface area contributed by atoms with Crippen LogP contribution in [0.1, 0.15) is 35.3 Å². The summed E-state index contributed by atoms with van der Waals surface area (Å²) in [5.41, 5.74) is 2.88. The molecule has 2 atom stereocenters. The quantitative estimate of drug-likeness (QED) is 0.776. The van der Waals surface area contributed by atoms with E-state index in [2.05, 4.69) is 36.2 Å². The van der Waals surface area contributed by atoms with Crippen molar-refractivity contribution >= 4 is 5.91 Å². The van der Waals surface area contributed by atoms with Crippen molar-refractivity contribution in [2.24, 2.45) is 0 Å². The SMILES string of the molecule is COc1ccc(C(=O)NCc2ccccc2CN2CC(C)OC(C)C2)cc1OC. The first kappa shape index (κ1) is 21.1. The van der Waals surface area contributed by atoms with E-state index in [-0.39, 0.29) is 18.1 Å². The van der Waals surface area contributed by atoms with E-state index >= 15 is 0 Å². The van der Waals surface area contributed by atoms with Gasteiger partial charge in [-0.15, -0.1) is 0 Å². The standard InChI is InChI=1S/C23H30N2O4/c1-16-13-25(14-17(2)29-16)15-20-8-6-5-7-19(20)12-24-23(26)18-9-10-21(27-3)22(11-18)28-4/h5-11,16-17H,12-15H2,1-4H3,(H,24,26). The Balaban J connectivity index is 1.66. The molecule has 0 aliphatic carbocycles. The highest BCUT2D eigenvalue weighted by molar-refractivity contribution is 5.94. The largest absolute Gasteiger partial charge is 0.493 e. The molecule has 0 saturated carbocycles. The second-order valence-electron chi connectivity index (χ2n) is 7.47. The molecule has 1 aliphatic heterocycles. The zero-order valence-electron chi connectivity index (χ0n) is 17.6. The number of ether oxygens (including phenoxy) is 3. The van der Waals surface area contributed by atoms with Crippen molar-refractivity contribution < 1.29 is 19.0 Å². The fraction of sp³-hybridized carbons (Fsp3) is 0.435. The smallest absolute Gasteiger partial charge is 0.251 e. The summed E-state index contributed by atoms with van der Waals surface area (Å²) in [5, 5.41) is 3.02. The van der Waals surface area contributed by atoms with Crippen molar-refractivity contribution in [2.45, 2.75) is 39.1 Å². The Morgan fingerprint density at radius 3 is 2.34 bits per heavy atom. The van der Waals surface area contributed by atoms with Gasteiger partial charge in [0, 0.05) is 31.7 Å². The van der Waals surface area contributed by atoms with Gasteiger partial charge in [-0.2, -0.15) is 0 Å².